The first-order valence-electron chi connectivity index (χ1n) is 2.56. The van der Waals surface area contributed by atoms with Crippen molar-refractivity contribution < 1.29 is 0 Å². The molecule has 11 heavy (non-hydrogen) atoms. The van der Waals surface area contributed by atoms with E-state index in [1.807, 2.05) is 6.26 Å². The number of hydrogen-bond acceptors (Lipinski definition) is 4. The van der Waals surface area contributed by atoms with E-state index in [0.717, 1.165) is 0 Å². The van der Waals surface area contributed by atoms with Crippen molar-refractivity contribution >= 4 is 41.6 Å². The van der Waals surface area contributed by atoms with Crippen LogP contribution < -0.4 is 5.73 Å². The van der Waals surface area contributed by atoms with Gasteiger partial charge in [-0.1, -0.05) is 23.4 Å². The second-order valence-electron chi connectivity index (χ2n) is 1.60. The summed E-state index contributed by atoms with van der Waals surface area (Å²) in [7, 11) is 0. The lowest BCUT2D eigenvalue weighted by molar-refractivity contribution is 0.980. The van der Waals surface area contributed by atoms with Gasteiger partial charge in [0.25, 0.3) is 0 Å². The number of aromatic nitrogens is 2. The Bertz CT molecular complexity index is 223. The third-order valence-corrected chi connectivity index (χ3v) is 1.62. The predicted molar refractivity (Wildman–Crippen MR) is 50.5 cm³/mol. The molecule has 1 rings (SSSR count). The highest BCUT2D eigenvalue weighted by molar-refractivity contribution is 7.98. The number of thioether (sulfide) groups is 1. The molecule has 62 valence electrons. The van der Waals surface area contributed by atoms with Gasteiger partial charge in [-0.3, -0.25) is 0 Å². The molecule has 2 N–H and O–H groups in total. The maximum Gasteiger partial charge on any atom is 0.190 e. The Morgan fingerprint density at radius 1 is 1.55 bits per heavy atom. The SMILES string of the molecule is CSc1nc(N)cc(Cl)n1.Cl. The predicted octanol–water partition coefficient (Wildman–Crippen LogP) is 1.86. The van der Waals surface area contributed by atoms with Crippen molar-refractivity contribution in [2.45, 2.75) is 5.16 Å². The van der Waals surface area contributed by atoms with Crippen molar-refractivity contribution in [1.29, 1.82) is 0 Å². The summed E-state index contributed by atoms with van der Waals surface area (Å²) in [6, 6.07) is 1.52. The molecule has 0 aliphatic heterocycles. The summed E-state index contributed by atoms with van der Waals surface area (Å²) >= 11 is 6.99. The van der Waals surface area contributed by atoms with Gasteiger partial charge in [-0.2, -0.15) is 0 Å². The Morgan fingerprint density at radius 3 is 2.64 bits per heavy atom. The van der Waals surface area contributed by atoms with Crippen LogP contribution in [0.2, 0.25) is 5.15 Å². The third-order valence-electron chi connectivity index (χ3n) is 0.877. The fourth-order valence-electron chi connectivity index (χ4n) is 0.505. The first-order chi connectivity index (χ1) is 4.72. The summed E-state index contributed by atoms with van der Waals surface area (Å²) in [6.07, 6.45) is 1.87. The largest absolute Gasteiger partial charge is 0.384 e. The highest BCUT2D eigenvalue weighted by Gasteiger charge is 1.97. The minimum absolute atomic E-state index is 0. The van der Waals surface area contributed by atoms with E-state index in [9.17, 15) is 0 Å². The normalized spacial score (nSPS) is 8.91. The van der Waals surface area contributed by atoms with Gasteiger partial charge < -0.3 is 5.73 Å². The maximum absolute atomic E-state index is 5.58. The molecule has 0 bridgehead atoms. The highest BCUT2D eigenvalue weighted by Crippen LogP contribution is 2.14. The zero-order valence-electron chi connectivity index (χ0n) is 5.74. The lowest BCUT2D eigenvalue weighted by Crippen LogP contribution is -1.93. The molecule has 0 aromatic carbocycles. The van der Waals surface area contributed by atoms with Gasteiger partial charge in [0.15, 0.2) is 5.16 Å². The average molecular weight is 212 g/mol. The van der Waals surface area contributed by atoms with E-state index in [1.54, 1.807) is 0 Å². The van der Waals surface area contributed by atoms with Crippen molar-refractivity contribution in [3.8, 4) is 0 Å². The second kappa shape index (κ2) is 4.64. The lowest BCUT2D eigenvalue weighted by Gasteiger charge is -1.96. The molecule has 1 heterocycles. The average Bonchev–Trinajstić information content (AvgIpc) is 1.85. The van der Waals surface area contributed by atoms with E-state index in [1.165, 1.54) is 17.8 Å². The van der Waals surface area contributed by atoms with Crippen LogP contribution in [0.3, 0.4) is 0 Å². The summed E-state index contributed by atoms with van der Waals surface area (Å²) in [4.78, 5) is 7.79. The molecule has 0 spiro atoms. The molecule has 0 amide bonds. The quantitative estimate of drug-likeness (QED) is 0.438. The summed E-state index contributed by atoms with van der Waals surface area (Å²) in [5.41, 5.74) is 5.39. The number of nitrogen functional groups attached to an aromatic ring is 1. The summed E-state index contributed by atoms with van der Waals surface area (Å²) < 4.78 is 0. The van der Waals surface area contributed by atoms with Gasteiger partial charge in [-0.15, -0.1) is 12.4 Å². The molecule has 0 atom stereocenters. The summed E-state index contributed by atoms with van der Waals surface area (Å²) in [6.45, 7) is 0. The topological polar surface area (TPSA) is 51.8 Å². The smallest absolute Gasteiger partial charge is 0.190 e. The minimum Gasteiger partial charge on any atom is -0.384 e. The van der Waals surface area contributed by atoms with Gasteiger partial charge in [0.1, 0.15) is 11.0 Å². The van der Waals surface area contributed by atoms with Crippen molar-refractivity contribution in [2.24, 2.45) is 0 Å². The Kier molecular flexibility index (Phi) is 4.56. The first-order valence-corrected chi connectivity index (χ1v) is 4.16. The molecular formula is C5H7Cl2N3S. The van der Waals surface area contributed by atoms with E-state index < -0.39 is 0 Å². The van der Waals surface area contributed by atoms with Gasteiger partial charge >= 0.3 is 0 Å². The standard InChI is InChI=1S/C5H6ClN3S.ClH/c1-10-5-8-3(6)2-4(7)9-5;/h2H,1H3,(H2,7,8,9);1H. The van der Waals surface area contributed by atoms with E-state index >= 15 is 0 Å². The summed E-state index contributed by atoms with van der Waals surface area (Å²) in [5, 5.41) is 0.988. The Labute approximate surface area is 80.2 Å². The monoisotopic (exact) mass is 211 g/mol. The van der Waals surface area contributed by atoms with Gasteiger partial charge in [0.05, 0.1) is 0 Å². The zero-order chi connectivity index (χ0) is 7.56. The van der Waals surface area contributed by atoms with Crippen molar-refractivity contribution in [3.63, 3.8) is 0 Å². The van der Waals surface area contributed by atoms with E-state index in [-0.39, 0.29) is 12.4 Å². The molecule has 0 saturated carbocycles. The number of halogens is 2. The molecule has 0 fully saturated rings. The van der Waals surface area contributed by atoms with E-state index in [0.29, 0.717) is 16.1 Å². The molecule has 6 heteroatoms. The van der Waals surface area contributed by atoms with Gasteiger partial charge in [-0.05, 0) is 6.26 Å². The van der Waals surface area contributed by atoms with Crippen LogP contribution in [0.15, 0.2) is 11.2 Å². The van der Waals surface area contributed by atoms with Crippen LogP contribution in [0.4, 0.5) is 5.82 Å². The van der Waals surface area contributed by atoms with Crippen LogP contribution in [0, 0.1) is 0 Å². The summed E-state index contributed by atoms with van der Waals surface area (Å²) in [5.74, 6) is 0.407. The Hall–Kier alpha value is -0.190. The first kappa shape index (κ1) is 10.8. The fraction of sp³-hybridized carbons (Fsp3) is 0.200. The van der Waals surface area contributed by atoms with Crippen LogP contribution >= 0.6 is 35.8 Å². The van der Waals surface area contributed by atoms with Crippen LogP contribution in [-0.2, 0) is 0 Å². The van der Waals surface area contributed by atoms with Gasteiger partial charge in [0, 0.05) is 6.07 Å². The molecule has 1 aromatic heterocycles. The Balaban J connectivity index is 0.000001000. The minimum atomic E-state index is 0. The van der Waals surface area contributed by atoms with E-state index in [2.05, 4.69) is 9.97 Å². The molecule has 0 aliphatic rings. The van der Waals surface area contributed by atoms with Crippen LogP contribution in [0.1, 0.15) is 0 Å². The van der Waals surface area contributed by atoms with E-state index in [4.69, 9.17) is 17.3 Å². The number of anilines is 1. The van der Waals surface area contributed by atoms with Gasteiger partial charge in [-0.25, -0.2) is 9.97 Å². The molecule has 0 unspecified atom stereocenters. The fourth-order valence-corrected chi connectivity index (χ4v) is 1.13. The zero-order valence-corrected chi connectivity index (χ0v) is 8.13. The molecule has 1 aromatic rings. The van der Waals surface area contributed by atoms with Crippen LogP contribution in [-0.4, -0.2) is 16.2 Å². The highest BCUT2D eigenvalue weighted by atomic mass is 35.5. The number of rotatable bonds is 1. The lowest BCUT2D eigenvalue weighted by atomic mass is 10.6. The Morgan fingerprint density at radius 2 is 2.18 bits per heavy atom. The van der Waals surface area contributed by atoms with Crippen LogP contribution in [0.5, 0.6) is 0 Å². The number of nitrogens with two attached hydrogens (primary N) is 1. The van der Waals surface area contributed by atoms with Crippen molar-refractivity contribution in [2.75, 3.05) is 12.0 Å². The second-order valence-corrected chi connectivity index (χ2v) is 2.76. The third kappa shape index (κ3) is 3.14. The number of hydrogen-bond donors (Lipinski definition) is 1. The molecule has 0 saturated heterocycles. The van der Waals surface area contributed by atoms with Crippen molar-refractivity contribution in [3.05, 3.63) is 11.2 Å². The molecule has 0 radical (unpaired) electrons. The molecule has 3 nitrogen and oxygen atoms in total. The van der Waals surface area contributed by atoms with Gasteiger partial charge in [0.2, 0.25) is 0 Å². The van der Waals surface area contributed by atoms with Crippen LogP contribution in [0.25, 0.3) is 0 Å². The maximum atomic E-state index is 5.58. The van der Waals surface area contributed by atoms with Crippen molar-refractivity contribution in [1.82, 2.24) is 9.97 Å². The number of nitrogens with zero attached hydrogens (tertiary/aromatic N) is 2. The molecule has 0 aliphatic carbocycles. The molecular weight excluding hydrogens is 205 g/mol.